The number of ether oxygens (including phenoxy) is 1. The standard InChI is InChI=1S/C19H23IN2O3/c1-13(2)14-4-3-5-17(10-14)25-16-8-6-15(7-9-16)22-18(24)19(21,11-20)12-23/h3-10,13,23H,11-12,21H2,1-2H3,(H,22,24)/t19-/m0/s1. The first kappa shape index (κ1) is 19.7. The molecule has 0 aliphatic heterocycles. The number of aliphatic hydroxyl groups is 1. The summed E-state index contributed by atoms with van der Waals surface area (Å²) in [6, 6.07) is 15.0. The molecule has 134 valence electrons. The van der Waals surface area contributed by atoms with E-state index in [0.717, 1.165) is 5.75 Å². The van der Waals surface area contributed by atoms with Crippen LogP contribution in [0.4, 0.5) is 5.69 Å². The molecule has 0 aliphatic carbocycles. The number of rotatable bonds is 7. The Labute approximate surface area is 161 Å². The van der Waals surface area contributed by atoms with Crippen LogP contribution < -0.4 is 15.8 Å². The number of alkyl halides is 1. The van der Waals surface area contributed by atoms with Crippen LogP contribution in [0.2, 0.25) is 0 Å². The molecule has 0 unspecified atom stereocenters. The van der Waals surface area contributed by atoms with Crippen molar-refractivity contribution >= 4 is 34.2 Å². The topological polar surface area (TPSA) is 84.6 Å². The molecule has 2 aromatic rings. The summed E-state index contributed by atoms with van der Waals surface area (Å²) in [6.07, 6.45) is 0. The maximum atomic E-state index is 12.1. The molecule has 25 heavy (non-hydrogen) atoms. The summed E-state index contributed by atoms with van der Waals surface area (Å²) in [7, 11) is 0. The van der Waals surface area contributed by atoms with E-state index in [4.69, 9.17) is 10.5 Å². The van der Waals surface area contributed by atoms with E-state index in [-0.39, 0.29) is 0 Å². The Bertz CT molecular complexity index is 713. The van der Waals surface area contributed by atoms with Gasteiger partial charge in [-0.15, -0.1) is 0 Å². The third-order valence-corrected chi connectivity index (χ3v) is 5.21. The van der Waals surface area contributed by atoms with Crippen molar-refractivity contribution in [2.45, 2.75) is 25.3 Å². The zero-order valence-electron chi connectivity index (χ0n) is 14.3. The number of benzene rings is 2. The Kier molecular flexibility index (Phi) is 6.80. The van der Waals surface area contributed by atoms with Crippen LogP contribution >= 0.6 is 22.6 Å². The number of nitrogens with two attached hydrogens (primary N) is 1. The third-order valence-electron chi connectivity index (χ3n) is 3.85. The number of amides is 1. The normalized spacial score (nSPS) is 13.4. The molecule has 5 nitrogen and oxygen atoms in total. The predicted molar refractivity (Wildman–Crippen MR) is 109 cm³/mol. The lowest BCUT2D eigenvalue weighted by Crippen LogP contribution is -2.55. The number of aliphatic hydroxyl groups excluding tert-OH is 1. The van der Waals surface area contributed by atoms with Crippen LogP contribution in [0.15, 0.2) is 48.5 Å². The fourth-order valence-electron chi connectivity index (χ4n) is 2.11. The summed E-state index contributed by atoms with van der Waals surface area (Å²) in [5.41, 5.74) is 6.39. The molecule has 0 bridgehead atoms. The van der Waals surface area contributed by atoms with Gasteiger partial charge in [0.05, 0.1) is 6.61 Å². The molecule has 2 aromatic carbocycles. The fraction of sp³-hybridized carbons (Fsp3) is 0.316. The van der Waals surface area contributed by atoms with Gasteiger partial charge in [-0.05, 0) is 47.9 Å². The molecule has 0 aliphatic rings. The molecule has 1 amide bonds. The van der Waals surface area contributed by atoms with E-state index in [1.54, 1.807) is 24.3 Å². The van der Waals surface area contributed by atoms with Gasteiger partial charge in [0, 0.05) is 10.1 Å². The summed E-state index contributed by atoms with van der Waals surface area (Å²) in [6.45, 7) is 3.86. The largest absolute Gasteiger partial charge is 0.457 e. The van der Waals surface area contributed by atoms with Crippen molar-refractivity contribution in [3.63, 3.8) is 0 Å². The maximum Gasteiger partial charge on any atom is 0.247 e. The molecule has 4 N–H and O–H groups in total. The van der Waals surface area contributed by atoms with Crippen LogP contribution in [0.1, 0.15) is 25.3 Å². The minimum Gasteiger partial charge on any atom is -0.457 e. The summed E-state index contributed by atoms with van der Waals surface area (Å²) in [4.78, 5) is 12.1. The maximum absolute atomic E-state index is 12.1. The van der Waals surface area contributed by atoms with Gasteiger partial charge in [-0.1, -0.05) is 48.6 Å². The molecule has 0 saturated carbocycles. The minimum absolute atomic E-state index is 0.320. The molecular weight excluding hydrogens is 431 g/mol. The molecule has 0 spiro atoms. The highest BCUT2D eigenvalue weighted by Crippen LogP contribution is 2.26. The number of carbonyl (C=O) groups excluding carboxylic acids is 1. The molecule has 0 saturated heterocycles. The smallest absolute Gasteiger partial charge is 0.247 e. The average molecular weight is 454 g/mol. The predicted octanol–water partition coefficient (Wildman–Crippen LogP) is 3.67. The van der Waals surface area contributed by atoms with Gasteiger partial charge < -0.3 is 20.9 Å². The number of carbonyl (C=O) groups is 1. The number of hydrogen-bond acceptors (Lipinski definition) is 4. The van der Waals surface area contributed by atoms with Gasteiger partial charge in [-0.25, -0.2) is 0 Å². The lowest BCUT2D eigenvalue weighted by atomic mass is 10.0. The Morgan fingerprint density at radius 1 is 1.24 bits per heavy atom. The number of halogens is 1. The molecule has 0 radical (unpaired) electrons. The van der Waals surface area contributed by atoms with Crippen molar-refractivity contribution in [2.75, 3.05) is 16.4 Å². The Morgan fingerprint density at radius 3 is 2.48 bits per heavy atom. The molecule has 1 atom stereocenters. The molecule has 2 rings (SSSR count). The fourth-order valence-corrected chi connectivity index (χ4v) is 2.70. The van der Waals surface area contributed by atoms with E-state index >= 15 is 0 Å². The van der Waals surface area contributed by atoms with Crippen LogP contribution in [0.25, 0.3) is 0 Å². The highest BCUT2D eigenvalue weighted by atomic mass is 127. The lowest BCUT2D eigenvalue weighted by molar-refractivity contribution is -0.121. The van der Waals surface area contributed by atoms with Crippen LogP contribution in [0.5, 0.6) is 11.5 Å². The van der Waals surface area contributed by atoms with Crippen LogP contribution in [-0.2, 0) is 4.79 Å². The van der Waals surface area contributed by atoms with Gasteiger partial charge in [-0.2, -0.15) is 0 Å². The number of anilines is 1. The lowest BCUT2D eigenvalue weighted by Gasteiger charge is -2.23. The zero-order chi connectivity index (χ0) is 18.4. The van der Waals surface area contributed by atoms with Crippen molar-refractivity contribution in [1.29, 1.82) is 0 Å². The second kappa shape index (κ2) is 8.64. The van der Waals surface area contributed by atoms with Gasteiger partial charge in [-0.3, -0.25) is 4.79 Å². The van der Waals surface area contributed by atoms with Crippen molar-refractivity contribution < 1.29 is 14.6 Å². The Morgan fingerprint density at radius 2 is 1.92 bits per heavy atom. The first-order chi connectivity index (χ1) is 11.9. The number of hydrogen-bond donors (Lipinski definition) is 3. The van der Waals surface area contributed by atoms with E-state index < -0.39 is 18.1 Å². The summed E-state index contributed by atoms with van der Waals surface area (Å²) < 4.78 is 6.18. The summed E-state index contributed by atoms with van der Waals surface area (Å²) >= 11 is 1.98. The second-order valence-corrected chi connectivity index (χ2v) is 7.02. The van der Waals surface area contributed by atoms with Crippen molar-refractivity contribution in [3.05, 3.63) is 54.1 Å². The molecule has 0 fully saturated rings. The quantitative estimate of drug-likeness (QED) is 0.441. The summed E-state index contributed by atoms with van der Waals surface area (Å²) in [5, 5.41) is 12.0. The van der Waals surface area contributed by atoms with Crippen LogP contribution in [0.3, 0.4) is 0 Å². The molecule has 0 heterocycles. The van der Waals surface area contributed by atoms with E-state index in [1.807, 2.05) is 40.8 Å². The van der Waals surface area contributed by atoms with Gasteiger partial charge in [0.2, 0.25) is 5.91 Å². The van der Waals surface area contributed by atoms with E-state index in [9.17, 15) is 9.90 Å². The Hall–Kier alpha value is -1.64. The number of nitrogens with one attached hydrogen (secondary N) is 1. The van der Waals surface area contributed by atoms with E-state index in [1.165, 1.54) is 5.56 Å². The van der Waals surface area contributed by atoms with Crippen LogP contribution in [0, 0.1) is 0 Å². The first-order valence-corrected chi connectivity index (χ1v) is 9.55. The van der Waals surface area contributed by atoms with Gasteiger partial charge in [0.25, 0.3) is 0 Å². The van der Waals surface area contributed by atoms with Gasteiger partial charge in [0.1, 0.15) is 17.0 Å². The van der Waals surface area contributed by atoms with Crippen molar-refractivity contribution in [3.8, 4) is 11.5 Å². The van der Waals surface area contributed by atoms with Crippen molar-refractivity contribution in [2.24, 2.45) is 5.73 Å². The third kappa shape index (κ3) is 5.17. The second-order valence-electron chi connectivity index (χ2n) is 6.26. The van der Waals surface area contributed by atoms with E-state index in [2.05, 4.69) is 25.2 Å². The molecular formula is C19H23IN2O3. The molecule has 0 aromatic heterocycles. The highest BCUT2D eigenvalue weighted by molar-refractivity contribution is 14.1. The SMILES string of the molecule is CC(C)c1cccc(Oc2ccc(NC(=O)[C@@](N)(CO)CI)cc2)c1. The van der Waals surface area contributed by atoms with Crippen LogP contribution in [-0.4, -0.2) is 27.6 Å². The van der Waals surface area contributed by atoms with E-state index in [0.29, 0.717) is 21.8 Å². The Balaban J connectivity index is 2.05. The summed E-state index contributed by atoms with van der Waals surface area (Å²) in [5.74, 6) is 1.47. The first-order valence-electron chi connectivity index (χ1n) is 8.03. The highest BCUT2D eigenvalue weighted by Gasteiger charge is 2.32. The minimum atomic E-state index is -1.28. The van der Waals surface area contributed by atoms with Crippen molar-refractivity contribution in [1.82, 2.24) is 0 Å². The monoisotopic (exact) mass is 454 g/mol. The van der Waals surface area contributed by atoms with Gasteiger partial charge in [0.15, 0.2) is 0 Å². The van der Waals surface area contributed by atoms with Gasteiger partial charge >= 0.3 is 0 Å². The average Bonchev–Trinajstić information content (AvgIpc) is 2.62. The zero-order valence-corrected chi connectivity index (χ0v) is 16.5. The molecule has 6 heteroatoms.